The summed E-state index contributed by atoms with van der Waals surface area (Å²) in [6.07, 6.45) is 1.89. The lowest BCUT2D eigenvalue weighted by Gasteiger charge is -2.25. The summed E-state index contributed by atoms with van der Waals surface area (Å²) >= 11 is 12.3. The van der Waals surface area contributed by atoms with E-state index in [4.69, 9.17) is 27.9 Å². The minimum atomic E-state index is -0.310. The van der Waals surface area contributed by atoms with Gasteiger partial charge in [0.15, 0.2) is 0 Å². The molecule has 1 aliphatic rings. The molecule has 0 unspecified atom stereocenters. The molecule has 0 bridgehead atoms. The van der Waals surface area contributed by atoms with E-state index in [9.17, 15) is 4.79 Å². The fourth-order valence-electron chi connectivity index (χ4n) is 2.84. The van der Waals surface area contributed by atoms with E-state index in [1.807, 2.05) is 6.07 Å². The van der Waals surface area contributed by atoms with Gasteiger partial charge in [-0.2, -0.15) is 0 Å². The molecule has 1 fully saturated rings. The number of rotatable bonds is 5. The Hall–Kier alpha value is -1.95. The van der Waals surface area contributed by atoms with Crippen molar-refractivity contribution in [1.29, 1.82) is 0 Å². The Labute approximate surface area is 163 Å². The number of carbonyl (C=O) groups excluding carboxylic acids is 1. The molecule has 3 rings (SSSR count). The van der Waals surface area contributed by atoms with Gasteiger partial charge in [0.2, 0.25) is 0 Å². The highest BCUT2D eigenvalue weighted by atomic mass is 35.5. The molecule has 0 spiro atoms. The zero-order valence-corrected chi connectivity index (χ0v) is 16.0. The van der Waals surface area contributed by atoms with E-state index in [2.05, 4.69) is 16.0 Å². The fraction of sp³-hybridized carbons (Fsp3) is 0.316. The zero-order valence-electron chi connectivity index (χ0n) is 14.4. The maximum absolute atomic E-state index is 12.8. The minimum Gasteiger partial charge on any atom is -0.489 e. The van der Waals surface area contributed by atoms with Crippen LogP contribution in [-0.2, 0) is 0 Å². The number of hydrogen-bond acceptors (Lipinski definition) is 4. The average molecular weight is 394 g/mol. The van der Waals surface area contributed by atoms with Gasteiger partial charge < -0.3 is 20.7 Å². The van der Waals surface area contributed by atoms with Crippen molar-refractivity contribution in [2.24, 2.45) is 0 Å². The van der Waals surface area contributed by atoms with Crippen LogP contribution in [0.2, 0.25) is 10.0 Å². The van der Waals surface area contributed by atoms with Gasteiger partial charge in [0.1, 0.15) is 11.9 Å². The van der Waals surface area contributed by atoms with Crippen molar-refractivity contribution in [3.8, 4) is 5.75 Å². The van der Waals surface area contributed by atoms with Crippen LogP contribution in [0, 0.1) is 0 Å². The van der Waals surface area contributed by atoms with Crippen LogP contribution in [0.25, 0.3) is 0 Å². The first-order valence-corrected chi connectivity index (χ1v) is 9.28. The first-order chi connectivity index (χ1) is 12.6. The number of amides is 1. The van der Waals surface area contributed by atoms with Gasteiger partial charge in [-0.15, -0.1) is 0 Å². The maximum atomic E-state index is 12.8. The summed E-state index contributed by atoms with van der Waals surface area (Å²) in [4.78, 5) is 12.8. The normalized spacial score (nSPS) is 14.7. The van der Waals surface area contributed by atoms with Crippen molar-refractivity contribution in [1.82, 2.24) is 5.32 Å². The largest absolute Gasteiger partial charge is 0.489 e. The molecular formula is C19H21Cl2N3O2. The second kappa shape index (κ2) is 8.62. The molecule has 1 aliphatic heterocycles. The van der Waals surface area contributed by atoms with E-state index in [0.717, 1.165) is 31.6 Å². The quantitative estimate of drug-likeness (QED) is 0.703. The number of carbonyl (C=O) groups is 1. The van der Waals surface area contributed by atoms with Crippen LogP contribution in [0.15, 0.2) is 36.4 Å². The average Bonchev–Trinajstić information content (AvgIpc) is 2.65. The second-order valence-corrected chi connectivity index (χ2v) is 6.95. The van der Waals surface area contributed by atoms with E-state index >= 15 is 0 Å². The van der Waals surface area contributed by atoms with E-state index in [-0.39, 0.29) is 12.0 Å². The predicted molar refractivity (Wildman–Crippen MR) is 107 cm³/mol. The molecule has 0 atom stereocenters. The lowest BCUT2D eigenvalue weighted by Crippen LogP contribution is -2.34. The molecule has 7 heteroatoms. The number of ether oxygens (including phenoxy) is 1. The Morgan fingerprint density at radius 3 is 2.62 bits per heavy atom. The highest BCUT2D eigenvalue weighted by Gasteiger charge is 2.20. The molecule has 1 saturated heterocycles. The highest BCUT2D eigenvalue weighted by Crippen LogP contribution is 2.29. The summed E-state index contributed by atoms with van der Waals surface area (Å²) in [6.45, 7) is 1.82. The SMILES string of the molecule is CNc1ccc(NC(=O)c2cc(Cl)ccc2OC2CCNCC2)c(Cl)c1. The highest BCUT2D eigenvalue weighted by molar-refractivity contribution is 6.34. The molecule has 1 heterocycles. The van der Waals surface area contributed by atoms with Gasteiger partial charge in [-0.25, -0.2) is 0 Å². The van der Waals surface area contributed by atoms with Crippen molar-refractivity contribution < 1.29 is 9.53 Å². The van der Waals surface area contributed by atoms with Gasteiger partial charge >= 0.3 is 0 Å². The lowest BCUT2D eigenvalue weighted by atomic mass is 10.1. The molecule has 0 saturated carbocycles. The Balaban J connectivity index is 1.80. The summed E-state index contributed by atoms with van der Waals surface area (Å²) in [5.41, 5.74) is 1.79. The molecular weight excluding hydrogens is 373 g/mol. The number of piperidine rings is 1. The van der Waals surface area contributed by atoms with Crippen LogP contribution < -0.4 is 20.7 Å². The zero-order chi connectivity index (χ0) is 18.5. The first kappa shape index (κ1) is 18.8. The molecule has 0 radical (unpaired) electrons. The molecule has 5 nitrogen and oxygen atoms in total. The smallest absolute Gasteiger partial charge is 0.259 e. The number of anilines is 2. The topological polar surface area (TPSA) is 62.4 Å². The van der Waals surface area contributed by atoms with Gasteiger partial charge in [0.05, 0.1) is 16.3 Å². The molecule has 1 amide bonds. The van der Waals surface area contributed by atoms with Crippen LogP contribution in [0.5, 0.6) is 5.75 Å². The Bertz CT molecular complexity index is 792. The van der Waals surface area contributed by atoms with E-state index in [1.54, 1.807) is 37.4 Å². The van der Waals surface area contributed by atoms with Gasteiger partial charge in [0, 0.05) is 17.8 Å². The summed E-state index contributed by atoms with van der Waals surface area (Å²) in [5.74, 6) is 0.220. The monoisotopic (exact) mass is 393 g/mol. The predicted octanol–water partition coefficient (Wildman–Crippen LogP) is 4.42. The molecule has 138 valence electrons. The Morgan fingerprint density at radius 2 is 1.92 bits per heavy atom. The standard InChI is InChI=1S/C19H21Cl2N3O2/c1-22-13-3-4-17(16(21)11-13)24-19(25)15-10-12(20)2-5-18(15)26-14-6-8-23-9-7-14/h2-5,10-11,14,22-23H,6-9H2,1H3,(H,24,25). The summed E-state index contributed by atoms with van der Waals surface area (Å²) in [6, 6.07) is 10.4. The van der Waals surface area contributed by atoms with Crippen LogP contribution in [-0.4, -0.2) is 32.1 Å². The van der Waals surface area contributed by atoms with Gasteiger partial charge in [-0.3, -0.25) is 4.79 Å². The Morgan fingerprint density at radius 1 is 1.15 bits per heavy atom. The lowest BCUT2D eigenvalue weighted by molar-refractivity contribution is 0.101. The van der Waals surface area contributed by atoms with Gasteiger partial charge in [-0.1, -0.05) is 23.2 Å². The van der Waals surface area contributed by atoms with E-state index in [1.165, 1.54) is 0 Å². The number of halogens is 2. The fourth-order valence-corrected chi connectivity index (χ4v) is 3.24. The third-order valence-electron chi connectivity index (χ3n) is 4.27. The molecule has 0 aliphatic carbocycles. The second-order valence-electron chi connectivity index (χ2n) is 6.11. The third-order valence-corrected chi connectivity index (χ3v) is 4.82. The van der Waals surface area contributed by atoms with Crippen LogP contribution >= 0.6 is 23.2 Å². The first-order valence-electron chi connectivity index (χ1n) is 8.52. The molecule has 26 heavy (non-hydrogen) atoms. The molecule has 3 N–H and O–H groups in total. The van der Waals surface area contributed by atoms with E-state index < -0.39 is 0 Å². The van der Waals surface area contributed by atoms with Crippen molar-refractivity contribution in [3.05, 3.63) is 52.0 Å². The minimum absolute atomic E-state index is 0.0856. The van der Waals surface area contributed by atoms with E-state index in [0.29, 0.717) is 27.0 Å². The number of benzene rings is 2. The van der Waals surface area contributed by atoms with Gasteiger partial charge in [0.25, 0.3) is 5.91 Å². The summed E-state index contributed by atoms with van der Waals surface area (Å²) in [5, 5.41) is 10.1. The molecule has 0 aromatic heterocycles. The van der Waals surface area contributed by atoms with Gasteiger partial charge in [-0.05, 0) is 62.3 Å². The van der Waals surface area contributed by atoms with Crippen molar-refractivity contribution >= 4 is 40.5 Å². The summed E-state index contributed by atoms with van der Waals surface area (Å²) in [7, 11) is 1.81. The van der Waals surface area contributed by atoms with Crippen LogP contribution in [0.1, 0.15) is 23.2 Å². The van der Waals surface area contributed by atoms with Crippen LogP contribution in [0.3, 0.4) is 0 Å². The Kier molecular flexibility index (Phi) is 6.25. The number of hydrogen-bond donors (Lipinski definition) is 3. The summed E-state index contributed by atoms with van der Waals surface area (Å²) < 4.78 is 6.06. The van der Waals surface area contributed by atoms with Crippen molar-refractivity contribution in [2.45, 2.75) is 18.9 Å². The molecule has 2 aromatic carbocycles. The number of nitrogens with one attached hydrogen (secondary N) is 3. The van der Waals surface area contributed by atoms with Crippen molar-refractivity contribution in [3.63, 3.8) is 0 Å². The van der Waals surface area contributed by atoms with Crippen molar-refractivity contribution in [2.75, 3.05) is 30.8 Å². The molecule has 2 aromatic rings. The maximum Gasteiger partial charge on any atom is 0.259 e. The third kappa shape index (κ3) is 4.61. The van der Waals surface area contributed by atoms with Crippen LogP contribution in [0.4, 0.5) is 11.4 Å².